The molecule has 1 heterocycles. The summed E-state index contributed by atoms with van der Waals surface area (Å²) in [6.07, 6.45) is -1.01. The molecule has 0 spiro atoms. The predicted molar refractivity (Wildman–Crippen MR) is 74.2 cm³/mol. The molecule has 0 aliphatic rings. The zero-order chi connectivity index (χ0) is 15.3. The van der Waals surface area contributed by atoms with Crippen LogP contribution in [0, 0.1) is 0 Å². The maximum Gasteiger partial charge on any atom is 0.416 e. The highest BCUT2D eigenvalue weighted by Crippen LogP contribution is 2.29. The second-order valence-corrected chi connectivity index (χ2v) is 4.39. The highest BCUT2D eigenvalue weighted by atomic mass is 19.4. The number of anilines is 1. The summed E-state index contributed by atoms with van der Waals surface area (Å²) >= 11 is 0. The van der Waals surface area contributed by atoms with Gasteiger partial charge in [-0.2, -0.15) is 13.2 Å². The minimum absolute atomic E-state index is 0.458. The maximum atomic E-state index is 12.4. The number of nitrogens with zero attached hydrogens (tertiary/aromatic N) is 1. The van der Waals surface area contributed by atoms with E-state index in [0.29, 0.717) is 24.6 Å². The van der Waals surface area contributed by atoms with E-state index in [0.717, 1.165) is 17.7 Å². The Labute approximate surface area is 120 Å². The summed E-state index contributed by atoms with van der Waals surface area (Å²) in [7, 11) is 0. The molecule has 2 aromatic rings. The number of halogens is 3. The van der Waals surface area contributed by atoms with Gasteiger partial charge < -0.3 is 10.1 Å². The van der Waals surface area contributed by atoms with Gasteiger partial charge in [0, 0.05) is 18.4 Å². The van der Waals surface area contributed by atoms with Gasteiger partial charge in [-0.3, -0.25) is 4.98 Å². The molecule has 1 N–H and O–H groups in total. The van der Waals surface area contributed by atoms with E-state index in [9.17, 15) is 13.2 Å². The summed E-state index contributed by atoms with van der Waals surface area (Å²) in [6.45, 7) is 2.89. The molecule has 0 aliphatic carbocycles. The van der Waals surface area contributed by atoms with Crippen LogP contribution in [0.2, 0.25) is 0 Å². The number of rotatable bonds is 5. The molecule has 2 rings (SSSR count). The molecule has 1 aromatic heterocycles. The molecule has 0 atom stereocenters. The third-order valence-corrected chi connectivity index (χ3v) is 2.79. The standard InChI is InChI=1S/C15H15F3N2O/c1-2-21-14-7-11(8-19-10-14)9-20-13-5-3-12(4-6-13)15(16,17)18/h3-8,10,20H,2,9H2,1H3. The van der Waals surface area contributed by atoms with Crippen molar-refractivity contribution in [3.63, 3.8) is 0 Å². The maximum absolute atomic E-state index is 12.4. The van der Waals surface area contributed by atoms with Crippen LogP contribution in [-0.2, 0) is 12.7 Å². The van der Waals surface area contributed by atoms with Gasteiger partial charge in [-0.05, 0) is 42.8 Å². The molecule has 0 aliphatic heterocycles. The molecule has 1 aromatic carbocycles. The van der Waals surface area contributed by atoms with E-state index < -0.39 is 11.7 Å². The lowest BCUT2D eigenvalue weighted by Gasteiger charge is -2.10. The quantitative estimate of drug-likeness (QED) is 0.901. The molecule has 0 fully saturated rings. The predicted octanol–water partition coefficient (Wildman–Crippen LogP) is 4.11. The molecule has 0 bridgehead atoms. The lowest BCUT2D eigenvalue weighted by Crippen LogP contribution is -2.05. The van der Waals surface area contributed by atoms with Crippen LogP contribution in [0.4, 0.5) is 18.9 Å². The Kier molecular flexibility index (Phi) is 4.67. The first-order valence-corrected chi connectivity index (χ1v) is 6.47. The first-order chi connectivity index (χ1) is 9.99. The van der Waals surface area contributed by atoms with Gasteiger partial charge in [0.05, 0.1) is 18.4 Å². The first-order valence-electron chi connectivity index (χ1n) is 6.47. The summed E-state index contributed by atoms with van der Waals surface area (Å²) < 4.78 is 42.7. The van der Waals surface area contributed by atoms with Crippen LogP contribution < -0.4 is 10.1 Å². The molecule has 0 unspecified atom stereocenters. The lowest BCUT2D eigenvalue weighted by molar-refractivity contribution is -0.137. The smallest absolute Gasteiger partial charge is 0.416 e. The Bertz CT molecular complexity index is 582. The van der Waals surface area contributed by atoms with Crippen molar-refractivity contribution in [1.29, 1.82) is 0 Å². The summed E-state index contributed by atoms with van der Waals surface area (Å²) in [5.41, 5.74) is 0.846. The SMILES string of the molecule is CCOc1cncc(CNc2ccc(C(F)(F)F)cc2)c1. The highest BCUT2D eigenvalue weighted by molar-refractivity contribution is 5.45. The van der Waals surface area contributed by atoms with Gasteiger partial charge in [0.2, 0.25) is 0 Å². The fourth-order valence-corrected chi connectivity index (χ4v) is 1.79. The van der Waals surface area contributed by atoms with Crippen molar-refractivity contribution in [3.8, 4) is 5.75 Å². The number of hydrogen-bond acceptors (Lipinski definition) is 3. The lowest BCUT2D eigenvalue weighted by atomic mass is 10.2. The Morgan fingerprint density at radius 3 is 2.48 bits per heavy atom. The molecular formula is C15H15F3N2O. The van der Waals surface area contributed by atoms with Crippen LogP contribution in [0.1, 0.15) is 18.1 Å². The molecule has 0 saturated heterocycles. The summed E-state index contributed by atoms with van der Waals surface area (Å²) in [5.74, 6) is 0.671. The van der Waals surface area contributed by atoms with E-state index in [1.165, 1.54) is 12.1 Å². The third kappa shape index (κ3) is 4.37. The monoisotopic (exact) mass is 296 g/mol. The molecule has 0 amide bonds. The summed E-state index contributed by atoms with van der Waals surface area (Å²) in [4.78, 5) is 4.05. The number of alkyl halides is 3. The number of ether oxygens (including phenoxy) is 1. The van der Waals surface area contributed by atoms with Crippen LogP contribution >= 0.6 is 0 Å². The second kappa shape index (κ2) is 6.47. The van der Waals surface area contributed by atoms with E-state index in [1.807, 2.05) is 13.0 Å². The van der Waals surface area contributed by atoms with Crippen LogP contribution in [0.25, 0.3) is 0 Å². The van der Waals surface area contributed by atoms with Gasteiger partial charge in [0.25, 0.3) is 0 Å². The Morgan fingerprint density at radius 1 is 1.14 bits per heavy atom. The fraction of sp³-hybridized carbons (Fsp3) is 0.267. The number of nitrogens with one attached hydrogen (secondary N) is 1. The topological polar surface area (TPSA) is 34.1 Å². The minimum Gasteiger partial charge on any atom is -0.492 e. The first kappa shape index (κ1) is 15.2. The average Bonchev–Trinajstić information content (AvgIpc) is 2.45. The summed E-state index contributed by atoms with van der Waals surface area (Å²) in [6, 6.07) is 6.76. The molecule has 21 heavy (non-hydrogen) atoms. The Hall–Kier alpha value is -2.24. The van der Waals surface area contributed by atoms with Crippen molar-refractivity contribution < 1.29 is 17.9 Å². The zero-order valence-electron chi connectivity index (χ0n) is 11.4. The Balaban J connectivity index is 1.98. The number of hydrogen-bond donors (Lipinski definition) is 1. The van der Waals surface area contributed by atoms with Gasteiger partial charge >= 0.3 is 6.18 Å². The molecule has 112 valence electrons. The van der Waals surface area contributed by atoms with Crippen molar-refractivity contribution >= 4 is 5.69 Å². The van der Waals surface area contributed by atoms with E-state index in [-0.39, 0.29) is 0 Å². The van der Waals surface area contributed by atoms with Crippen molar-refractivity contribution in [3.05, 3.63) is 53.9 Å². The van der Waals surface area contributed by atoms with E-state index >= 15 is 0 Å². The average molecular weight is 296 g/mol. The normalized spacial score (nSPS) is 11.2. The number of aromatic nitrogens is 1. The van der Waals surface area contributed by atoms with E-state index in [2.05, 4.69) is 10.3 Å². The van der Waals surface area contributed by atoms with Gasteiger partial charge in [-0.1, -0.05) is 0 Å². The third-order valence-electron chi connectivity index (χ3n) is 2.79. The largest absolute Gasteiger partial charge is 0.492 e. The fourth-order valence-electron chi connectivity index (χ4n) is 1.79. The van der Waals surface area contributed by atoms with Crippen LogP contribution in [0.5, 0.6) is 5.75 Å². The van der Waals surface area contributed by atoms with Crippen LogP contribution in [0.15, 0.2) is 42.7 Å². The van der Waals surface area contributed by atoms with Crippen molar-refractivity contribution in [2.24, 2.45) is 0 Å². The molecule has 6 heteroatoms. The summed E-state index contributed by atoms with van der Waals surface area (Å²) in [5, 5.41) is 3.05. The van der Waals surface area contributed by atoms with Gasteiger partial charge in [0.15, 0.2) is 0 Å². The number of pyridine rings is 1. The van der Waals surface area contributed by atoms with E-state index in [4.69, 9.17) is 4.74 Å². The second-order valence-electron chi connectivity index (χ2n) is 4.39. The van der Waals surface area contributed by atoms with Crippen molar-refractivity contribution in [2.45, 2.75) is 19.6 Å². The highest BCUT2D eigenvalue weighted by Gasteiger charge is 2.29. The zero-order valence-corrected chi connectivity index (χ0v) is 11.4. The van der Waals surface area contributed by atoms with Gasteiger partial charge in [-0.15, -0.1) is 0 Å². The Morgan fingerprint density at radius 2 is 1.86 bits per heavy atom. The van der Waals surface area contributed by atoms with Gasteiger partial charge in [-0.25, -0.2) is 0 Å². The van der Waals surface area contributed by atoms with Crippen LogP contribution in [-0.4, -0.2) is 11.6 Å². The van der Waals surface area contributed by atoms with Gasteiger partial charge in [0.1, 0.15) is 5.75 Å². The van der Waals surface area contributed by atoms with Crippen molar-refractivity contribution in [2.75, 3.05) is 11.9 Å². The molecule has 0 radical (unpaired) electrons. The molecule has 0 saturated carbocycles. The van der Waals surface area contributed by atoms with Crippen LogP contribution in [0.3, 0.4) is 0 Å². The molecular weight excluding hydrogens is 281 g/mol. The number of benzene rings is 1. The van der Waals surface area contributed by atoms with E-state index in [1.54, 1.807) is 12.4 Å². The molecule has 3 nitrogen and oxygen atoms in total. The minimum atomic E-state index is -4.31. The van der Waals surface area contributed by atoms with Crippen molar-refractivity contribution in [1.82, 2.24) is 4.98 Å².